The van der Waals surface area contributed by atoms with Crippen molar-refractivity contribution in [3.05, 3.63) is 78.1 Å². The van der Waals surface area contributed by atoms with Crippen LogP contribution < -0.4 is 24.0 Å². The number of carbonyl (C=O) groups is 1. The van der Waals surface area contributed by atoms with Crippen molar-refractivity contribution in [1.82, 2.24) is 14.8 Å². The summed E-state index contributed by atoms with van der Waals surface area (Å²) in [4.78, 5) is 20.7. The summed E-state index contributed by atoms with van der Waals surface area (Å²) in [7, 11) is 4.11. The van der Waals surface area contributed by atoms with Gasteiger partial charge in [-0.05, 0) is 17.7 Å². The molecule has 0 aliphatic carbocycles. The predicted octanol–water partition coefficient (Wildman–Crippen LogP) is 4.92. The van der Waals surface area contributed by atoms with Gasteiger partial charge in [-0.15, -0.1) is 6.58 Å². The van der Waals surface area contributed by atoms with Gasteiger partial charge in [0.25, 0.3) is 0 Å². The molecule has 5 rings (SSSR count). The third-order valence-electron chi connectivity index (χ3n) is 6.40. The summed E-state index contributed by atoms with van der Waals surface area (Å²) < 4.78 is 47.7. The van der Waals surface area contributed by atoms with Gasteiger partial charge in [0.15, 0.2) is 28.8 Å². The van der Waals surface area contributed by atoms with Crippen molar-refractivity contribution >= 4 is 28.4 Å². The number of rotatable bonds is 8. The molecular weight excluding hydrogens is 496 g/mol. The molecule has 2 aromatic heterocycles. The van der Waals surface area contributed by atoms with E-state index < -0.39 is 23.4 Å². The van der Waals surface area contributed by atoms with E-state index in [0.717, 1.165) is 22.3 Å². The van der Waals surface area contributed by atoms with Crippen molar-refractivity contribution in [1.29, 1.82) is 0 Å². The van der Waals surface area contributed by atoms with Crippen LogP contribution in [0.2, 0.25) is 0 Å². The lowest BCUT2D eigenvalue weighted by Crippen LogP contribution is -2.48. The lowest BCUT2D eigenvalue weighted by molar-refractivity contribution is 0.250. The van der Waals surface area contributed by atoms with E-state index in [9.17, 15) is 4.79 Å². The quantitative estimate of drug-likeness (QED) is 0.306. The van der Waals surface area contributed by atoms with Crippen LogP contribution in [0.5, 0.6) is 17.2 Å². The Morgan fingerprint density at radius 2 is 1.68 bits per heavy atom. The van der Waals surface area contributed by atoms with Crippen LogP contribution in [0.15, 0.2) is 55.4 Å². The smallest absolute Gasteiger partial charge is 0.329 e. The molecule has 0 radical (unpaired) electrons. The van der Waals surface area contributed by atoms with Crippen LogP contribution in [0.1, 0.15) is 11.1 Å². The molecule has 0 fully saturated rings. The third kappa shape index (κ3) is 4.05. The van der Waals surface area contributed by atoms with Gasteiger partial charge in [-0.2, -0.15) is 5.10 Å². The topological polar surface area (TPSA) is 82.0 Å². The van der Waals surface area contributed by atoms with Crippen LogP contribution in [0, 0.1) is 11.6 Å². The molecule has 0 saturated carbocycles. The Morgan fingerprint density at radius 3 is 2.29 bits per heavy atom. The van der Waals surface area contributed by atoms with Gasteiger partial charge in [0.1, 0.15) is 11.4 Å². The molecule has 1 aliphatic rings. The first-order chi connectivity index (χ1) is 18.4. The predicted molar refractivity (Wildman–Crippen MR) is 138 cm³/mol. The molecule has 3 heterocycles. The zero-order valence-electron chi connectivity index (χ0n) is 21.1. The highest BCUT2D eigenvalue weighted by molar-refractivity contribution is 6.11. The second-order valence-electron chi connectivity index (χ2n) is 8.55. The van der Waals surface area contributed by atoms with Gasteiger partial charge in [-0.3, -0.25) is 9.80 Å². The monoisotopic (exact) mass is 521 g/mol. The van der Waals surface area contributed by atoms with Crippen LogP contribution in [0.3, 0.4) is 0 Å². The number of methoxy groups -OCH3 is 3. The van der Waals surface area contributed by atoms with E-state index in [4.69, 9.17) is 14.2 Å². The van der Waals surface area contributed by atoms with E-state index in [2.05, 4.69) is 16.7 Å². The first-order valence-corrected chi connectivity index (χ1v) is 11.7. The van der Waals surface area contributed by atoms with Crippen molar-refractivity contribution in [2.24, 2.45) is 0 Å². The van der Waals surface area contributed by atoms with Crippen molar-refractivity contribution in [2.45, 2.75) is 13.1 Å². The first kappa shape index (κ1) is 25.0. The SMILES string of the molecule is C=CCN1C(=O)N(c2c(F)c(OC)cc(OC)c2F)Cc2cnc3c(cnn3Cc3ccc(OC)cc3)c21. The number of anilines is 2. The number of hydrogen-bond acceptors (Lipinski definition) is 6. The minimum Gasteiger partial charge on any atom is -0.497 e. The summed E-state index contributed by atoms with van der Waals surface area (Å²) in [5.74, 6) is -1.78. The minimum atomic E-state index is -1.01. The van der Waals surface area contributed by atoms with Crippen LogP contribution >= 0.6 is 0 Å². The molecule has 2 amide bonds. The maximum absolute atomic E-state index is 15.3. The summed E-state index contributed by atoms with van der Waals surface area (Å²) in [5, 5.41) is 5.14. The number of fused-ring (bicyclic) bond motifs is 3. The third-order valence-corrected chi connectivity index (χ3v) is 6.40. The molecule has 196 valence electrons. The van der Waals surface area contributed by atoms with E-state index in [0.29, 0.717) is 28.8 Å². The van der Waals surface area contributed by atoms with E-state index in [1.165, 1.54) is 25.2 Å². The number of benzene rings is 2. The summed E-state index contributed by atoms with van der Waals surface area (Å²) in [5.41, 5.74) is 2.13. The molecule has 38 heavy (non-hydrogen) atoms. The van der Waals surface area contributed by atoms with Crippen LogP contribution in [0.25, 0.3) is 11.0 Å². The number of aromatic nitrogens is 3. The number of halogens is 2. The Hall–Kier alpha value is -4.67. The highest BCUT2D eigenvalue weighted by Crippen LogP contribution is 2.42. The number of ether oxygens (including phenoxy) is 3. The Morgan fingerprint density at radius 1 is 1.00 bits per heavy atom. The molecule has 0 N–H and O–H groups in total. The number of amides is 2. The fourth-order valence-electron chi connectivity index (χ4n) is 4.57. The highest BCUT2D eigenvalue weighted by Gasteiger charge is 2.37. The average molecular weight is 522 g/mol. The minimum absolute atomic E-state index is 0.0927. The maximum atomic E-state index is 15.3. The molecule has 0 saturated heterocycles. The summed E-state index contributed by atoms with van der Waals surface area (Å²) in [6.45, 7) is 4.17. The summed E-state index contributed by atoms with van der Waals surface area (Å²) >= 11 is 0. The number of hydrogen-bond donors (Lipinski definition) is 0. The summed E-state index contributed by atoms with van der Waals surface area (Å²) in [6, 6.07) is 8.05. The van der Waals surface area contributed by atoms with Gasteiger partial charge in [0.2, 0.25) is 0 Å². The molecule has 4 aromatic rings. The zero-order chi connectivity index (χ0) is 27.0. The van der Waals surface area contributed by atoms with Gasteiger partial charge in [0.05, 0.1) is 51.7 Å². The maximum Gasteiger partial charge on any atom is 0.329 e. The molecule has 1 aliphatic heterocycles. The number of carbonyl (C=O) groups excluding carboxylic acids is 1. The van der Waals surface area contributed by atoms with Crippen molar-refractivity contribution in [2.75, 3.05) is 37.7 Å². The Kier molecular flexibility index (Phi) is 6.58. The molecule has 2 aromatic carbocycles. The number of nitrogens with zero attached hydrogens (tertiary/aromatic N) is 5. The number of pyridine rings is 1. The Balaban J connectivity index is 1.60. The molecular formula is C27H25F2N5O4. The van der Waals surface area contributed by atoms with E-state index in [1.54, 1.807) is 24.2 Å². The van der Waals surface area contributed by atoms with Crippen molar-refractivity contribution in [3.8, 4) is 17.2 Å². The van der Waals surface area contributed by atoms with Gasteiger partial charge in [0, 0.05) is 24.4 Å². The lowest BCUT2D eigenvalue weighted by atomic mass is 10.1. The molecule has 11 heteroatoms. The number of urea groups is 1. The normalized spacial score (nSPS) is 13.0. The lowest BCUT2D eigenvalue weighted by Gasteiger charge is -2.37. The Bertz CT molecular complexity index is 1510. The average Bonchev–Trinajstić information content (AvgIpc) is 3.34. The zero-order valence-corrected chi connectivity index (χ0v) is 21.1. The van der Waals surface area contributed by atoms with Crippen LogP contribution in [0.4, 0.5) is 25.0 Å². The molecule has 9 nitrogen and oxygen atoms in total. The molecule has 0 bridgehead atoms. The van der Waals surface area contributed by atoms with E-state index in [-0.39, 0.29) is 24.6 Å². The first-order valence-electron chi connectivity index (χ1n) is 11.7. The Labute approximate surface area is 217 Å². The standard InChI is InChI=1S/C27H25F2N5O4/c1-5-10-32-24-17(15-33(27(32)35)25-22(28)20(37-3)11-21(38-4)23(25)29)12-30-26-19(24)13-31-34(26)14-16-6-8-18(36-2)9-7-16/h5-9,11-13H,1,10,14-15H2,2-4H3. The van der Waals surface area contributed by atoms with Crippen molar-refractivity contribution in [3.63, 3.8) is 0 Å². The van der Waals surface area contributed by atoms with E-state index >= 15 is 8.78 Å². The second-order valence-corrected chi connectivity index (χ2v) is 8.55. The fourth-order valence-corrected chi connectivity index (χ4v) is 4.57. The molecule has 0 spiro atoms. The van der Waals surface area contributed by atoms with Gasteiger partial charge >= 0.3 is 6.03 Å². The summed E-state index contributed by atoms with van der Waals surface area (Å²) in [6.07, 6.45) is 4.77. The van der Waals surface area contributed by atoms with Gasteiger partial charge in [-0.25, -0.2) is 23.2 Å². The fraction of sp³-hybridized carbons (Fsp3) is 0.222. The van der Waals surface area contributed by atoms with Gasteiger partial charge < -0.3 is 14.2 Å². The van der Waals surface area contributed by atoms with Crippen molar-refractivity contribution < 1.29 is 27.8 Å². The van der Waals surface area contributed by atoms with Crippen LogP contribution in [-0.4, -0.2) is 48.7 Å². The van der Waals surface area contributed by atoms with Gasteiger partial charge in [-0.1, -0.05) is 18.2 Å². The molecule has 0 atom stereocenters. The van der Waals surface area contributed by atoms with Crippen LogP contribution in [-0.2, 0) is 13.1 Å². The second kappa shape index (κ2) is 10.0. The molecule has 0 unspecified atom stereocenters. The van der Waals surface area contributed by atoms with E-state index in [1.807, 2.05) is 24.3 Å². The largest absolute Gasteiger partial charge is 0.497 e. The highest BCUT2D eigenvalue weighted by atomic mass is 19.1.